The summed E-state index contributed by atoms with van der Waals surface area (Å²) in [5.41, 5.74) is 8.15. The van der Waals surface area contributed by atoms with Crippen LogP contribution in [0.3, 0.4) is 0 Å². The van der Waals surface area contributed by atoms with E-state index in [9.17, 15) is 0 Å². The number of hydrogen-bond acceptors (Lipinski definition) is 3. The Bertz CT molecular complexity index is 1830. The number of nitrogens with zero attached hydrogens (tertiary/aromatic N) is 2. The molecular formula is C35H34N2OSi. The highest BCUT2D eigenvalue weighted by atomic mass is 28.3. The van der Waals surface area contributed by atoms with Gasteiger partial charge in [-0.05, 0) is 54.3 Å². The molecule has 0 unspecified atom stereocenters. The van der Waals surface area contributed by atoms with Gasteiger partial charge in [-0.15, -0.1) is 0 Å². The second-order valence-electron chi connectivity index (χ2n) is 12.1. The van der Waals surface area contributed by atoms with Crippen molar-refractivity contribution in [3.63, 3.8) is 0 Å². The Kier molecular flexibility index (Phi) is 5.89. The molecule has 6 aromatic rings. The van der Waals surface area contributed by atoms with Gasteiger partial charge in [0, 0.05) is 33.3 Å². The van der Waals surface area contributed by atoms with E-state index in [1.807, 2.05) is 0 Å². The zero-order valence-corrected chi connectivity index (χ0v) is 24.0. The van der Waals surface area contributed by atoms with Crippen molar-refractivity contribution in [3.8, 4) is 22.4 Å². The van der Waals surface area contributed by atoms with E-state index in [0.717, 1.165) is 38.8 Å². The zero-order chi connectivity index (χ0) is 26.6. The molecule has 1 saturated carbocycles. The molecule has 0 atom stereocenters. The number of rotatable bonds is 4. The molecule has 0 radical (unpaired) electrons. The third kappa shape index (κ3) is 4.37. The molecule has 1 aliphatic rings. The Labute approximate surface area is 230 Å². The summed E-state index contributed by atoms with van der Waals surface area (Å²) in [6.45, 7) is 7.19. The lowest BCUT2D eigenvalue weighted by Crippen LogP contribution is -2.37. The van der Waals surface area contributed by atoms with Crippen molar-refractivity contribution in [2.75, 3.05) is 0 Å². The number of fused-ring (bicyclic) bond motifs is 4. The largest absolute Gasteiger partial charge is 0.437 e. The molecule has 0 N–H and O–H groups in total. The molecule has 4 heteroatoms. The monoisotopic (exact) mass is 526 g/mol. The van der Waals surface area contributed by atoms with Crippen molar-refractivity contribution in [2.24, 2.45) is 0 Å². The summed E-state index contributed by atoms with van der Waals surface area (Å²) in [5, 5.41) is 4.83. The van der Waals surface area contributed by atoms with Gasteiger partial charge < -0.3 is 4.42 Å². The van der Waals surface area contributed by atoms with Gasteiger partial charge in [0.1, 0.15) is 5.58 Å². The zero-order valence-electron chi connectivity index (χ0n) is 23.0. The maximum absolute atomic E-state index is 6.55. The molecule has 3 nitrogen and oxygen atoms in total. The van der Waals surface area contributed by atoms with Crippen molar-refractivity contribution in [2.45, 2.75) is 57.7 Å². The molecule has 3 heterocycles. The van der Waals surface area contributed by atoms with E-state index in [-0.39, 0.29) is 0 Å². The van der Waals surface area contributed by atoms with E-state index >= 15 is 0 Å². The first-order valence-corrected chi connectivity index (χ1v) is 17.8. The lowest BCUT2D eigenvalue weighted by Gasteiger charge is -2.20. The fourth-order valence-electron chi connectivity index (χ4n) is 6.21. The molecule has 7 rings (SSSR count). The molecule has 1 fully saturated rings. The third-order valence-electron chi connectivity index (χ3n) is 8.44. The Hall–Kier alpha value is -3.76. The molecule has 3 aromatic carbocycles. The van der Waals surface area contributed by atoms with Gasteiger partial charge in [-0.25, -0.2) is 9.97 Å². The van der Waals surface area contributed by atoms with Crippen molar-refractivity contribution in [1.82, 2.24) is 9.97 Å². The summed E-state index contributed by atoms with van der Waals surface area (Å²) >= 11 is 0. The number of pyridine rings is 2. The standard InChI is InChI=1S/C35H34N2OSi/c1-39(2,3)25-17-19-32-30(21-25)29(23-11-6-4-7-12-23)22-33(36-32)28-16-10-15-26-27-18-20-31(24-13-8-5-9-14-24)37-35(27)38-34(26)28/h4,6-7,10-12,15-22,24H,5,8-9,13-14H2,1-3H3. The van der Waals surface area contributed by atoms with E-state index in [0.29, 0.717) is 5.92 Å². The molecule has 0 aliphatic heterocycles. The SMILES string of the molecule is C[Si](C)(C)c1ccc2nc(-c3cccc4c3oc3nc(C5CCCCC5)ccc34)cc(-c3ccccc3)c2c1. The molecule has 0 saturated heterocycles. The first kappa shape index (κ1) is 24.3. The van der Waals surface area contributed by atoms with Gasteiger partial charge in [0.2, 0.25) is 5.71 Å². The maximum atomic E-state index is 6.55. The summed E-state index contributed by atoms with van der Waals surface area (Å²) in [6, 6.07) is 30.6. The van der Waals surface area contributed by atoms with Gasteiger partial charge in [-0.2, -0.15) is 0 Å². The number of hydrogen-bond donors (Lipinski definition) is 0. The van der Waals surface area contributed by atoms with Gasteiger partial charge in [-0.3, -0.25) is 0 Å². The summed E-state index contributed by atoms with van der Waals surface area (Å²) in [6.07, 6.45) is 6.40. The maximum Gasteiger partial charge on any atom is 0.227 e. The van der Waals surface area contributed by atoms with E-state index < -0.39 is 8.07 Å². The lowest BCUT2D eigenvalue weighted by molar-refractivity contribution is 0.436. The van der Waals surface area contributed by atoms with Crippen LogP contribution < -0.4 is 5.19 Å². The first-order valence-electron chi connectivity index (χ1n) is 14.3. The van der Waals surface area contributed by atoms with Crippen LogP contribution in [0.15, 0.2) is 89.3 Å². The lowest BCUT2D eigenvalue weighted by atomic mass is 9.86. The normalized spacial score (nSPS) is 14.9. The smallest absolute Gasteiger partial charge is 0.227 e. The summed E-state index contributed by atoms with van der Waals surface area (Å²) < 4.78 is 6.55. The second-order valence-corrected chi connectivity index (χ2v) is 17.2. The van der Waals surface area contributed by atoms with Gasteiger partial charge in [-0.1, -0.05) is 98.7 Å². The molecule has 0 spiro atoms. The van der Waals surface area contributed by atoms with E-state index in [2.05, 4.69) is 105 Å². The average molecular weight is 527 g/mol. The van der Waals surface area contributed by atoms with Crippen molar-refractivity contribution >= 4 is 46.2 Å². The van der Waals surface area contributed by atoms with Crippen LogP contribution in [0.1, 0.15) is 43.7 Å². The van der Waals surface area contributed by atoms with Gasteiger partial charge in [0.15, 0.2) is 0 Å². The quantitative estimate of drug-likeness (QED) is 0.215. The van der Waals surface area contributed by atoms with Crippen molar-refractivity contribution < 1.29 is 4.42 Å². The van der Waals surface area contributed by atoms with Gasteiger partial charge in [0.05, 0.1) is 19.3 Å². The van der Waals surface area contributed by atoms with Crippen molar-refractivity contribution in [3.05, 3.63) is 90.6 Å². The van der Waals surface area contributed by atoms with Crippen LogP contribution in [0.2, 0.25) is 19.6 Å². The first-order chi connectivity index (χ1) is 19.0. The number of benzene rings is 3. The average Bonchev–Trinajstić information content (AvgIpc) is 3.35. The van der Waals surface area contributed by atoms with Crippen molar-refractivity contribution in [1.29, 1.82) is 0 Å². The van der Waals surface area contributed by atoms with Crippen LogP contribution >= 0.6 is 0 Å². The fraction of sp³-hybridized carbons (Fsp3) is 0.257. The number of furan rings is 1. The topological polar surface area (TPSA) is 38.9 Å². The number of aromatic nitrogens is 2. The summed E-state index contributed by atoms with van der Waals surface area (Å²) in [7, 11) is -1.47. The van der Waals surface area contributed by atoms with Crippen LogP contribution in [0, 0.1) is 0 Å². The highest BCUT2D eigenvalue weighted by molar-refractivity contribution is 6.88. The molecule has 0 bridgehead atoms. The van der Waals surface area contributed by atoms with E-state index in [4.69, 9.17) is 14.4 Å². The minimum absolute atomic E-state index is 0.549. The van der Waals surface area contributed by atoms with Crippen LogP contribution in [0.5, 0.6) is 0 Å². The van der Waals surface area contributed by atoms with E-state index in [1.165, 1.54) is 59.5 Å². The van der Waals surface area contributed by atoms with Crippen LogP contribution in [-0.4, -0.2) is 18.0 Å². The predicted molar refractivity (Wildman–Crippen MR) is 166 cm³/mol. The minimum atomic E-state index is -1.47. The molecule has 1 aliphatic carbocycles. The highest BCUT2D eigenvalue weighted by Gasteiger charge is 2.21. The summed E-state index contributed by atoms with van der Waals surface area (Å²) in [5.74, 6) is 0.549. The molecule has 0 amide bonds. The Morgan fingerprint density at radius 2 is 1.51 bits per heavy atom. The summed E-state index contributed by atoms with van der Waals surface area (Å²) in [4.78, 5) is 10.2. The third-order valence-corrected chi connectivity index (χ3v) is 10.5. The van der Waals surface area contributed by atoms with E-state index in [1.54, 1.807) is 0 Å². The Balaban J connectivity index is 1.43. The van der Waals surface area contributed by atoms with Crippen LogP contribution in [-0.2, 0) is 0 Å². The van der Waals surface area contributed by atoms with Crippen LogP contribution in [0.4, 0.5) is 0 Å². The minimum Gasteiger partial charge on any atom is -0.437 e. The van der Waals surface area contributed by atoms with Crippen LogP contribution in [0.25, 0.3) is 55.4 Å². The van der Waals surface area contributed by atoms with Gasteiger partial charge >= 0.3 is 0 Å². The second kappa shape index (κ2) is 9.46. The fourth-order valence-corrected chi connectivity index (χ4v) is 7.37. The molecule has 3 aromatic heterocycles. The Morgan fingerprint density at radius 1 is 0.692 bits per heavy atom. The molecular weight excluding hydrogens is 492 g/mol. The molecule has 194 valence electrons. The Morgan fingerprint density at radius 3 is 2.31 bits per heavy atom. The predicted octanol–water partition coefficient (Wildman–Crippen LogP) is 9.46. The van der Waals surface area contributed by atoms with Gasteiger partial charge in [0.25, 0.3) is 0 Å². The molecule has 39 heavy (non-hydrogen) atoms. The number of para-hydroxylation sites is 1. The highest BCUT2D eigenvalue weighted by Crippen LogP contribution is 2.39.